The van der Waals surface area contributed by atoms with Crippen LogP contribution in [0.4, 0.5) is 0 Å². The zero-order chi connectivity index (χ0) is 14.5. The largest absolute Gasteiger partial charge is 0.0616 e. The number of benzene rings is 3. The van der Waals surface area contributed by atoms with Gasteiger partial charge in [0, 0.05) is 0 Å². The predicted octanol–water partition coefficient (Wildman–Crippen LogP) is 6.32. The fraction of sp³-hybridized carbons (Fsp3) is 0.286. The highest BCUT2D eigenvalue weighted by Crippen LogP contribution is 2.26. The molecule has 0 unspecified atom stereocenters. The van der Waals surface area contributed by atoms with Gasteiger partial charge in [-0.15, -0.1) is 0 Å². The molecule has 0 aliphatic rings. The summed E-state index contributed by atoms with van der Waals surface area (Å²) in [4.78, 5) is 0. The van der Waals surface area contributed by atoms with E-state index in [4.69, 9.17) is 0 Å². The highest BCUT2D eigenvalue weighted by Gasteiger charge is 2.03. The second-order valence-corrected chi connectivity index (χ2v) is 5.86. The molecule has 0 N–H and O–H groups in total. The van der Waals surface area contributed by atoms with E-state index in [-0.39, 0.29) is 0 Å². The quantitative estimate of drug-likeness (QED) is 0.365. The van der Waals surface area contributed by atoms with E-state index >= 15 is 0 Å². The fourth-order valence-electron chi connectivity index (χ4n) is 3.10. The van der Waals surface area contributed by atoms with E-state index in [0.29, 0.717) is 0 Å². The van der Waals surface area contributed by atoms with Crippen LogP contribution in [0.3, 0.4) is 0 Å². The van der Waals surface area contributed by atoms with Crippen molar-refractivity contribution in [3.05, 3.63) is 67.1 Å². The van der Waals surface area contributed by atoms with Gasteiger partial charge in [0.15, 0.2) is 0 Å². The molecule has 0 bridgehead atoms. The molecule has 0 spiro atoms. The molecule has 0 amide bonds. The summed E-state index contributed by atoms with van der Waals surface area (Å²) in [6.45, 7) is 3.91. The van der Waals surface area contributed by atoms with Crippen molar-refractivity contribution in [2.45, 2.75) is 38.5 Å². The number of hydrogen-bond donors (Lipinski definition) is 0. The van der Waals surface area contributed by atoms with Gasteiger partial charge in [-0.05, 0) is 52.1 Å². The molecule has 0 atom stereocenters. The molecular formula is C21H23. The van der Waals surface area contributed by atoms with Crippen LogP contribution in [0.5, 0.6) is 0 Å². The van der Waals surface area contributed by atoms with Crippen molar-refractivity contribution in [1.29, 1.82) is 0 Å². The lowest BCUT2D eigenvalue weighted by atomic mass is 9.96. The summed E-state index contributed by atoms with van der Waals surface area (Å²) in [6, 6.07) is 20.0. The van der Waals surface area contributed by atoms with Crippen LogP contribution in [0, 0.1) is 6.92 Å². The minimum Gasteiger partial charge on any atom is -0.0616 e. The lowest BCUT2D eigenvalue weighted by Gasteiger charge is -2.08. The number of rotatable bonds is 6. The Bertz CT molecular complexity index is 724. The average Bonchev–Trinajstić information content (AvgIpc) is 2.53. The SMILES string of the molecule is [CH2]CCCCCCc1cccc2cc3ccccc3cc12. The van der Waals surface area contributed by atoms with E-state index in [0.717, 1.165) is 6.42 Å². The molecule has 0 saturated carbocycles. The van der Waals surface area contributed by atoms with E-state index in [1.165, 1.54) is 59.2 Å². The molecular weight excluding hydrogens is 252 g/mol. The summed E-state index contributed by atoms with van der Waals surface area (Å²) in [6.07, 6.45) is 7.44. The molecule has 0 aliphatic heterocycles. The molecule has 3 aromatic rings. The van der Waals surface area contributed by atoms with Crippen LogP contribution in [0.25, 0.3) is 21.5 Å². The second-order valence-electron chi connectivity index (χ2n) is 5.86. The highest BCUT2D eigenvalue weighted by atomic mass is 14.1. The molecule has 1 radical (unpaired) electrons. The molecule has 3 aromatic carbocycles. The van der Waals surface area contributed by atoms with Gasteiger partial charge in [-0.1, -0.05) is 75.1 Å². The van der Waals surface area contributed by atoms with Crippen LogP contribution in [0.2, 0.25) is 0 Å². The van der Waals surface area contributed by atoms with Crippen LogP contribution in [-0.2, 0) is 6.42 Å². The van der Waals surface area contributed by atoms with E-state index < -0.39 is 0 Å². The minimum atomic E-state index is 1.07. The molecule has 3 rings (SSSR count). The smallest absolute Gasteiger partial charge is 0.0146 e. The van der Waals surface area contributed by atoms with E-state index in [9.17, 15) is 0 Å². The highest BCUT2D eigenvalue weighted by molar-refractivity contribution is 5.99. The van der Waals surface area contributed by atoms with Gasteiger partial charge >= 0.3 is 0 Å². The van der Waals surface area contributed by atoms with Crippen LogP contribution >= 0.6 is 0 Å². The Morgan fingerprint density at radius 2 is 1.38 bits per heavy atom. The Kier molecular flexibility index (Phi) is 4.55. The van der Waals surface area contributed by atoms with Crippen molar-refractivity contribution in [1.82, 2.24) is 0 Å². The first-order valence-corrected chi connectivity index (χ1v) is 8.08. The van der Waals surface area contributed by atoms with Gasteiger partial charge in [-0.2, -0.15) is 0 Å². The van der Waals surface area contributed by atoms with Crippen molar-refractivity contribution < 1.29 is 0 Å². The molecule has 0 fully saturated rings. The maximum atomic E-state index is 3.91. The normalized spacial score (nSPS) is 11.3. The third-order valence-corrected chi connectivity index (χ3v) is 4.28. The number of hydrogen-bond acceptors (Lipinski definition) is 0. The van der Waals surface area contributed by atoms with Crippen molar-refractivity contribution in [3.63, 3.8) is 0 Å². The second kappa shape index (κ2) is 6.76. The summed E-state index contributed by atoms with van der Waals surface area (Å²) < 4.78 is 0. The first-order chi connectivity index (χ1) is 10.4. The Hall–Kier alpha value is -1.82. The molecule has 0 saturated heterocycles. The number of unbranched alkanes of at least 4 members (excludes halogenated alkanes) is 4. The maximum absolute atomic E-state index is 3.91. The molecule has 0 heterocycles. The third kappa shape index (κ3) is 3.26. The van der Waals surface area contributed by atoms with Gasteiger partial charge in [0.1, 0.15) is 0 Å². The van der Waals surface area contributed by atoms with Gasteiger partial charge in [0.05, 0.1) is 0 Å². The minimum absolute atomic E-state index is 1.07. The first-order valence-electron chi connectivity index (χ1n) is 8.08. The van der Waals surface area contributed by atoms with Gasteiger partial charge in [0.25, 0.3) is 0 Å². The molecule has 0 heteroatoms. The van der Waals surface area contributed by atoms with Gasteiger partial charge < -0.3 is 0 Å². The third-order valence-electron chi connectivity index (χ3n) is 4.28. The van der Waals surface area contributed by atoms with Crippen molar-refractivity contribution in [2.75, 3.05) is 0 Å². The molecule has 21 heavy (non-hydrogen) atoms. The van der Waals surface area contributed by atoms with Crippen LogP contribution < -0.4 is 0 Å². The summed E-state index contributed by atoms with van der Waals surface area (Å²) in [5.41, 5.74) is 1.49. The van der Waals surface area contributed by atoms with Crippen molar-refractivity contribution >= 4 is 21.5 Å². The zero-order valence-corrected chi connectivity index (χ0v) is 12.6. The van der Waals surface area contributed by atoms with Gasteiger partial charge in [0.2, 0.25) is 0 Å². The Morgan fingerprint density at radius 3 is 2.19 bits per heavy atom. The topological polar surface area (TPSA) is 0 Å². The Labute approximate surface area is 127 Å². The summed E-state index contributed by atoms with van der Waals surface area (Å²) in [7, 11) is 0. The summed E-state index contributed by atoms with van der Waals surface area (Å²) in [5.74, 6) is 0. The van der Waals surface area contributed by atoms with Crippen LogP contribution in [-0.4, -0.2) is 0 Å². The maximum Gasteiger partial charge on any atom is -0.0146 e. The molecule has 0 nitrogen and oxygen atoms in total. The molecule has 0 aliphatic carbocycles. The van der Waals surface area contributed by atoms with Gasteiger partial charge in [-0.25, -0.2) is 0 Å². The zero-order valence-electron chi connectivity index (χ0n) is 12.6. The standard InChI is InChI=1S/C21H23/c1-2-3-4-5-6-10-17-13-9-14-20-15-18-11-7-8-12-19(18)16-21(17)20/h7-9,11-16H,1-6,10H2. The van der Waals surface area contributed by atoms with E-state index in [2.05, 4.69) is 61.5 Å². The number of aryl methyl sites for hydroxylation is 1. The lowest BCUT2D eigenvalue weighted by molar-refractivity contribution is 0.646. The summed E-state index contributed by atoms with van der Waals surface area (Å²) >= 11 is 0. The first kappa shape index (κ1) is 14.1. The average molecular weight is 275 g/mol. The number of fused-ring (bicyclic) bond motifs is 2. The Balaban J connectivity index is 1.86. The van der Waals surface area contributed by atoms with E-state index in [1.807, 2.05) is 0 Å². The molecule has 0 aromatic heterocycles. The monoisotopic (exact) mass is 275 g/mol. The summed E-state index contributed by atoms with van der Waals surface area (Å²) in [5, 5.41) is 5.46. The molecule has 107 valence electrons. The Morgan fingerprint density at radius 1 is 0.667 bits per heavy atom. The van der Waals surface area contributed by atoms with Crippen LogP contribution in [0.15, 0.2) is 54.6 Å². The van der Waals surface area contributed by atoms with Crippen molar-refractivity contribution in [3.8, 4) is 0 Å². The van der Waals surface area contributed by atoms with Gasteiger partial charge in [-0.3, -0.25) is 0 Å². The van der Waals surface area contributed by atoms with Crippen LogP contribution in [0.1, 0.15) is 37.7 Å². The lowest BCUT2D eigenvalue weighted by Crippen LogP contribution is -1.89. The predicted molar refractivity (Wildman–Crippen MR) is 93.6 cm³/mol. The van der Waals surface area contributed by atoms with E-state index in [1.54, 1.807) is 0 Å². The van der Waals surface area contributed by atoms with Crippen molar-refractivity contribution in [2.24, 2.45) is 0 Å². The fourth-order valence-corrected chi connectivity index (χ4v) is 3.10.